The molecule has 168 valence electrons. The van der Waals surface area contributed by atoms with E-state index in [1.165, 1.54) is 19.3 Å². The standard InChI is InChI=1S/C21H42N6O2/c1-21(2,27-11-6-5-7-12-27)18-24-20(23-17-19(28)25(3)4)22-9-8-10-26-13-15-29-16-14-26/h5-18H2,1-4H3,(H2,22,23,24). The Morgan fingerprint density at radius 1 is 1.07 bits per heavy atom. The van der Waals surface area contributed by atoms with Crippen LogP contribution < -0.4 is 10.6 Å². The summed E-state index contributed by atoms with van der Waals surface area (Å²) >= 11 is 0. The molecule has 0 aromatic heterocycles. The molecule has 0 aromatic carbocycles. The van der Waals surface area contributed by atoms with Gasteiger partial charge in [-0.15, -0.1) is 0 Å². The maximum absolute atomic E-state index is 12.0. The van der Waals surface area contributed by atoms with Crippen molar-refractivity contribution in [2.45, 2.75) is 45.1 Å². The Hall–Kier alpha value is -1.38. The van der Waals surface area contributed by atoms with Crippen LogP contribution >= 0.6 is 0 Å². The van der Waals surface area contributed by atoms with Crippen molar-refractivity contribution in [3.8, 4) is 0 Å². The number of likely N-dealkylation sites (N-methyl/N-ethyl adjacent to an activating group) is 1. The maximum Gasteiger partial charge on any atom is 0.243 e. The first kappa shape index (κ1) is 23.9. The van der Waals surface area contributed by atoms with E-state index in [1.807, 2.05) is 0 Å². The number of hydrogen-bond acceptors (Lipinski definition) is 5. The van der Waals surface area contributed by atoms with Crippen LogP contribution in [0, 0.1) is 0 Å². The van der Waals surface area contributed by atoms with Gasteiger partial charge >= 0.3 is 0 Å². The van der Waals surface area contributed by atoms with Crippen molar-refractivity contribution in [1.82, 2.24) is 25.3 Å². The number of likely N-dealkylation sites (tertiary alicyclic amines) is 1. The lowest BCUT2D eigenvalue weighted by molar-refractivity contribution is -0.127. The summed E-state index contributed by atoms with van der Waals surface area (Å²) in [4.78, 5) is 23.1. The third-order valence-corrected chi connectivity index (χ3v) is 5.82. The van der Waals surface area contributed by atoms with Crippen LogP contribution in [0.3, 0.4) is 0 Å². The molecule has 0 bridgehead atoms. The molecular weight excluding hydrogens is 368 g/mol. The fourth-order valence-electron chi connectivity index (χ4n) is 3.71. The zero-order chi connectivity index (χ0) is 21.1. The summed E-state index contributed by atoms with van der Waals surface area (Å²) in [5, 5.41) is 6.90. The van der Waals surface area contributed by atoms with Crippen LogP contribution in [-0.4, -0.2) is 112 Å². The first-order valence-electron chi connectivity index (χ1n) is 11.2. The van der Waals surface area contributed by atoms with Crippen LogP contribution in [0.25, 0.3) is 0 Å². The van der Waals surface area contributed by atoms with Gasteiger partial charge in [0, 0.05) is 45.8 Å². The normalized spacial score (nSPS) is 19.8. The molecule has 29 heavy (non-hydrogen) atoms. The van der Waals surface area contributed by atoms with Crippen molar-refractivity contribution in [2.75, 3.05) is 79.7 Å². The van der Waals surface area contributed by atoms with Crippen LogP contribution in [0.5, 0.6) is 0 Å². The number of nitrogens with one attached hydrogen (secondary N) is 2. The average Bonchev–Trinajstić information content (AvgIpc) is 2.73. The van der Waals surface area contributed by atoms with Crippen molar-refractivity contribution in [3.63, 3.8) is 0 Å². The monoisotopic (exact) mass is 410 g/mol. The van der Waals surface area contributed by atoms with Gasteiger partial charge in [-0.2, -0.15) is 0 Å². The SMILES string of the molecule is CN(C)C(=O)CN=C(NCCCN1CCOCC1)NCC(C)(C)N1CCCCC1. The molecule has 0 saturated carbocycles. The fraction of sp³-hybridized carbons (Fsp3) is 0.905. The minimum Gasteiger partial charge on any atom is -0.379 e. The van der Waals surface area contributed by atoms with Gasteiger partial charge in [-0.05, 0) is 52.7 Å². The Balaban J connectivity index is 1.82. The van der Waals surface area contributed by atoms with Gasteiger partial charge in [0.1, 0.15) is 6.54 Å². The van der Waals surface area contributed by atoms with Crippen molar-refractivity contribution in [3.05, 3.63) is 0 Å². The lowest BCUT2D eigenvalue weighted by atomic mass is 9.98. The summed E-state index contributed by atoms with van der Waals surface area (Å²) in [7, 11) is 3.53. The van der Waals surface area contributed by atoms with Gasteiger partial charge in [0.25, 0.3) is 0 Å². The van der Waals surface area contributed by atoms with Crippen LogP contribution in [-0.2, 0) is 9.53 Å². The number of morpholine rings is 1. The van der Waals surface area contributed by atoms with Crippen LogP contribution in [0.4, 0.5) is 0 Å². The van der Waals surface area contributed by atoms with E-state index < -0.39 is 0 Å². The molecule has 8 heteroatoms. The van der Waals surface area contributed by atoms with E-state index in [0.717, 1.165) is 71.4 Å². The summed E-state index contributed by atoms with van der Waals surface area (Å²) in [5.41, 5.74) is 0.0578. The molecule has 2 saturated heterocycles. The van der Waals surface area contributed by atoms with Gasteiger partial charge in [-0.25, -0.2) is 4.99 Å². The van der Waals surface area contributed by atoms with Crippen molar-refractivity contribution in [1.29, 1.82) is 0 Å². The van der Waals surface area contributed by atoms with Gasteiger partial charge in [0.05, 0.1) is 13.2 Å². The highest BCUT2D eigenvalue weighted by Gasteiger charge is 2.28. The zero-order valence-corrected chi connectivity index (χ0v) is 19.0. The number of amides is 1. The number of nitrogens with zero attached hydrogens (tertiary/aromatic N) is 4. The first-order chi connectivity index (χ1) is 13.9. The molecule has 2 heterocycles. The molecule has 0 atom stereocenters. The van der Waals surface area contributed by atoms with Gasteiger partial charge in [0.2, 0.25) is 5.91 Å². The number of ether oxygens (including phenoxy) is 1. The summed E-state index contributed by atoms with van der Waals surface area (Å²) in [6.07, 6.45) is 4.94. The Kier molecular flexibility index (Phi) is 10.2. The summed E-state index contributed by atoms with van der Waals surface area (Å²) < 4.78 is 5.41. The molecule has 0 spiro atoms. The molecule has 0 radical (unpaired) electrons. The van der Waals surface area contributed by atoms with Gasteiger partial charge in [-0.3, -0.25) is 14.6 Å². The predicted octanol–water partition coefficient (Wildman–Crippen LogP) is 0.597. The maximum atomic E-state index is 12.0. The fourth-order valence-corrected chi connectivity index (χ4v) is 3.71. The van der Waals surface area contributed by atoms with E-state index in [0.29, 0.717) is 0 Å². The molecule has 2 aliphatic rings. The number of rotatable bonds is 9. The lowest BCUT2D eigenvalue weighted by Crippen LogP contribution is -2.55. The molecular formula is C21H42N6O2. The molecule has 2 aliphatic heterocycles. The van der Waals surface area contributed by atoms with Crippen LogP contribution in [0.2, 0.25) is 0 Å². The second-order valence-corrected chi connectivity index (χ2v) is 8.90. The largest absolute Gasteiger partial charge is 0.379 e. The quantitative estimate of drug-likeness (QED) is 0.329. The number of piperidine rings is 1. The van der Waals surface area contributed by atoms with Crippen molar-refractivity contribution >= 4 is 11.9 Å². The van der Waals surface area contributed by atoms with Crippen LogP contribution in [0.15, 0.2) is 4.99 Å². The molecule has 1 amide bonds. The molecule has 8 nitrogen and oxygen atoms in total. The topological polar surface area (TPSA) is 72.4 Å². The average molecular weight is 411 g/mol. The van der Waals surface area contributed by atoms with Crippen molar-refractivity contribution in [2.24, 2.45) is 4.99 Å². The first-order valence-corrected chi connectivity index (χ1v) is 11.2. The number of hydrogen-bond donors (Lipinski definition) is 2. The molecule has 0 aromatic rings. The smallest absolute Gasteiger partial charge is 0.243 e. The molecule has 0 aliphatic carbocycles. The molecule has 2 N–H and O–H groups in total. The Morgan fingerprint density at radius 3 is 2.41 bits per heavy atom. The van der Waals surface area contributed by atoms with E-state index in [4.69, 9.17) is 4.74 Å². The second kappa shape index (κ2) is 12.3. The predicted molar refractivity (Wildman–Crippen MR) is 118 cm³/mol. The third-order valence-electron chi connectivity index (χ3n) is 5.82. The number of carbonyl (C=O) groups excluding carboxylic acids is 1. The molecule has 0 unspecified atom stereocenters. The highest BCUT2D eigenvalue weighted by molar-refractivity contribution is 5.84. The van der Waals surface area contributed by atoms with E-state index in [2.05, 4.69) is 39.3 Å². The molecule has 2 rings (SSSR count). The van der Waals surface area contributed by atoms with E-state index in [-0.39, 0.29) is 18.0 Å². The van der Waals surface area contributed by atoms with Gasteiger partial charge < -0.3 is 20.3 Å². The van der Waals surface area contributed by atoms with Crippen LogP contribution in [0.1, 0.15) is 39.5 Å². The van der Waals surface area contributed by atoms with E-state index in [9.17, 15) is 4.79 Å². The van der Waals surface area contributed by atoms with Gasteiger partial charge in [-0.1, -0.05) is 6.42 Å². The zero-order valence-electron chi connectivity index (χ0n) is 19.0. The number of aliphatic imine (C=N–C) groups is 1. The highest BCUT2D eigenvalue weighted by atomic mass is 16.5. The Bertz CT molecular complexity index is 511. The van der Waals surface area contributed by atoms with E-state index >= 15 is 0 Å². The number of carbonyl (C=O) groups is 1. The third kappa shape index (κ3) is 8.88. The summed E-state index contributed by atoms with van der Waals surface area (Å²) in [6, 6.07) is 0. The second-order valence-electron chi connectivity index (χ2n) is 8.90. The Labute approximate surface area is 177 Å². The summed E-state index contributed by atoms with van der Waals surface area (Å²) in [6.45, 7) is 13.4. The van der Waals surface area contributed by atoms with E-state index in [1.54, 1.807) is 19.0 Å². The van der Waals surface area contributed by atoms with Crippen molar-refractivity contribution < 1.29 is 9.53 Å². The lowest BCUT2D eigenvalue weighted by Gasteiger charge is -2.41. The molecule has 2 fully saturated rings. The van der Waals surface area contributed by atoms with Gasteiger partial charge in [0.15, 0.2) is 5.96 Å². The number of guanidine groups is 1. The summed E-state index contributed by atoms with van der Waals surface area (Å²) in [5.74, 6) is 0.738. The Morgan fingerprint density at radius 2 is 1.76 bits per heavy atom. The minimum absolute atomic E-state index is 0.00899. The minimum atomic E-state index is 0.00899. The highest BCUT2D eigenvalue weighted by Crippen LogP contribution is 2.19.